The molecule has 0 spiro atoms. The van der Waals surface area contributed by atoms with Crippen LogP contribution >= 0.6 is 0 Å². The van der Waals surface area contributed by atoms with E-state index in [0.29, 0.717) is 30.2 Å². The van der Waals surface area contributed by atoms with Gasteiger partial charge in [-0.1, -0.05) is 6.07 Å². The third-order valence-corrected chi connectivity index (χ3v) is 2.96. The standard InChI is InChI=1S/C16H15N3O3/c17-12-13-5-7-16(8-6-13)22-10-2-9-18-14-3-1-4-15(11-14)19(20)21/h1,3-8,11,18H,2,9-10H2. The van der Waals surface area contributed by atoms with Crippen molar-refractivity contribution in [3.8, 4) is 11.8 Å². The molecule has 6 heteroatoms. The van der Waals surface area contributed by atoms with Crippen LogP contribution in [0.1, 0.15) is 12.0 Å². The Labute approximate surface area is 128 Å². The minimum atomic E-state index is -0.417. The summed E-state index contributed by atoms with van der Waals surface area (Å²) >= 11 is 0. The van der Waals surface area contributed by atoms with Crippen molar-refractivity contribution >= 4 is 11.4 Å². The largest absolute Gasteiger partial charge is 0.494 e. The number of rotatable bonds is 7. The van der Waals surface area contributed by atoms with Gasteiger partial charge in [0.05, 0.1) is 23.2 Å². The van der Waals surface area contributed by atoms with Gasteiger partial charge in [0, 0.05) is 24.4 Å². The van der Waals surface area contributed by atoms with Gasteiger partial charge in [-0.15, -0.1) is 0 Å². The first-order valence-electron chi connectivity index (χ1n) is 6.80. The molecule has 0 aliphatic heterocycles. The first-order valence-corrected chi connectivity index (χ1v) is 6.80. The van der Waals surface area contributed by atoms with Gasteiger partial charge in [-0.3, -0.25) is 10.1 Å². The molecule has 1 N–H and O–H groups in total. The Morgan fingerprint density at radius 3 is 2.68 bits per heavy atom. The van der Waals surface area contributed by atoms with Gasteiger partial charge >= 0.3 is 0 Å². The average Bonchev–Trinajstić information content (AvgIpc) is 2.55. The average molecular weight is 297 g/mol. The Balaban J connectivity index is 1.72. The number of non-ortho nitro benzene ring substituents is 1. The molecule has 0 heterocycles. The fourth-order valence-corrected chi connectivity index (χ4v) is 1.85. The van der Waals surface area contributed by atoms with Crippen molar-refractivity contribution in [2.45, 2.75) is 6.42 Å². The van der Waals surface area contributed by atoms with Crippen molar-refractivity contribution in [2.75, 3.05) is 18.5 Å². The Kier molecular flexibility index (Phi) is 5.32. The quantitative estimate of drug-likeness (QED) is 0.481. The maximum absolute atomic E-state index is 10.7. The smallest absolute Gasteiger partial charge is 0.271 e. The number of anilines is 1. The topological polar surface area (TPSA) is 88.2 Å². The first-order chi connectivity index (χ1) is 10.7. The van der Waals surface area contributed by atoms with Crippen LogP contribution in [-0.2, 0) is 0 Å². The molecule has 0 amide bonds. The number of nitrogens with zero attached hydrogens (tertiary/aromatic N) is 2. The highest BCUT2D eigenvalue weighted by Gasteiger charge is 2.04. The van der Waals surface area contributed by atoms with Crippen molar-refractivity contribution in [3.63, 3.8) is 0 Å². The Hall–Kier alpha value is -3.07. The maximum Gasteiger partial charge on any atom is 0.271 e. The molecule has 112 valence electrons. The number of nitriles is 1. The summed E-state index contributed by atoms with van der Waals surface area (Å²) in [5.41, 5.74) is 1.38. The molecule has 0 saturated carbocycles. The van der Waals surface area contributed by atoms with Crippen LogP contribution in [0.5, 0.6) is 5.75 Å². The van der Waals surface area contributed by atoms with E-state index < -0.39 is 4.92 Å². The number of hydrogen-bond acceptors (Lipinski definition) is 5. The number of nitrogens with one attached hydrogen (secondary N) is 1. The third kappa shape index (κ3) is 4.49. The van der Waals surface area contributed by atoms with Crippen molar-refractivity contribution in [1.29, 1.82) is 5.26 Å². The first kappa shape index (κ1) is 15.3. The van der Waals surface area contributed by atoms with Crippen LogP contribution in [0.4, 0.5) is 11.4 Å². The van der Waals surface area contributed by atoms with Crippen LogP contribution in [0, 0.1) is 21.4 Å². The Morgan fingerprint density at radius 1 is 1.23 bits per heavy atom. The molecule has 22 heavy (non-hydrogen) atoms. The maximum atomic E-state index is 10.7. The zero-order valence-corrected chi connectivity index (χ0v) is 11.9. The molecular formula is C16H15N3O3. The predicted octanol–water partition coefficient (Wildman–Crippen LogP) is 3.35. The fourth-order valence-electron chi connectivity index (χ4n) is 1.85. The van der Waals surface area contributed by atoms with Crippen LogP contribution < -0.4 is 10.1 Å². The zero-order chi connectivity index (χ0) is 15.8. The highest BCUT2D eigenvalue weighted by Crippen LogP contribution is 2.17. The van der Waals surface area contributed by atoms with Gasteiger partial charge in [-0.25, -0.2) is 0 Å². The van der Waals surface area contributed by atoms with E-state index >= 15 is 0 Å². The van der Waals surface area contributed by atoms with Crippen molar-refractivity contribution in [1.82, 2.24) is 0 Å². The molecule has 0 aromatic heterocycles. The summed E-state index contributed by atoms with van der Waals surface area (Å²) in [5.74, 6) is 0.717. The molecule has 0 saturated heterocycles. The molecule has 6 nitrogen and oxygen atoms in total. The lowest BCUT2D eigenvalue weighted by atomic mass is 10.2. The second-order valence-corrected chi connectivity index (χ2v) is 4.57. The fraction of sp³-hybridized carbons (Fsp3) is 0.188. The van der Waals surface area contributed by atoms with Gasteiger partial charge in [0.2, 0.25) is 0 Å². The van der Waals surface area contributed by atoms with Crippen molar-refractivity contribution < 1.29 is 9.66 Å². The minimum Gasteiger partial charge on any atom is -0.494 e. The van der Waals surface area contributed by atoms with Gasteiger partial charge in [0.1, 0.15) is 5.75 Å². The molecule has 2 aromatic rings. The van der Waals surface area contributed by atoms with Gasteiger partial charge in [0.25, 0.3) is 5.69 Å². The lowest BCUT2D eigenvalue weighted by Gasteiger charge is -2.08. The van der Waals surface area contributed by atoms with Crippen LogP contribution in [0.15, 0.2) is 48.5 Å². The predicted molar refractivity (Wildman–Crippen MR) is 82.9 cm³/mol. The minimum absolute atomic E-state index is 0.0684. The van der Waals surface area contributed by atoms with E-state index in [1.54, 1.807) is 36.4 Å². The lowest BCUT2D eigenvalue weighted by molar-refractivity contribution is -0.384. The molecule has 2 aromatic carbocycles. The summed E-state index contributed by atoms with van der Waals surface area (Å²) in [6, 6.07) is 15.4. The highest BCUT2D eigenvalue weighted by molar-refractivity contribution is 5.50. The van der Waals surface area contributed by atoms with E-state index in [9.17, 15) is 10.1 Å². The molecule has 0 unspecified atom stereocenters. The number of hydrogen-bond donors (Lipinski definition) is 1. The Bertz CT molecular complexity index is 678. The van der Waals surface area contributed by atoms with Crippen molar-refractivity contribution in [2.24, 2.45) is 0 Å². The van der Waals surface area contributed by atoms with Gasteiger partial charge < -0.3 is 10.1 Å². The molecule has 0 aliphatic carbocycles. The SMILES string of the molecule is N#Cc1ccc(OCCCNc2cccc([N+](=O)[O-])c2)cc1. The normalized spacial score (nSPS) is 9.77. The van der Waals surface area contributed by atoms with E-state index in [1.807, 2.05) is 6.07 Å². The molecule has 2 rings (SSSR count). The molecule has 0 atom stereocenters. The van der Waals surface area contributed by atoms with Gasteiger partial charge in [-0.2, -0.15) is 5.26 Å². The lowest BCUT2D eigenvalue weighted by Crippen LogP contribution is -2.07. The highest BCUT2D eigenvalue weighted by atomic mass is 16.6. The number of nitro groups is 1. The summed E-state index contributed by atoms with van der Waals surface area (Å²) < 4.78 is 5.55. The number of ether oxygens (including phenoxy) is 1. The summed E-state index contributed by atoms with van der Waals surface area (Å²) in [5, 5.41) is 22.5. The van der Waals surface area contributed by atoms with Crippen LogP contribution in [0.3, 0.4) is 0 Å². The van der Waals surface area contributed by atoms with E-state index in [1.165, 1.54) is 12.1 Å². The van der Waals surface area contributed by atoms with Gasteiger partial charge in [0.15, 0.2) is 0 Å². The number of benzene rings is 2. The monoisotopic (exact) mass is 297 g/mol. The molecule has 0 bridgehead atoms. The summed E-state index contributed by atoms with van der Waals surface area (Å²) in [6.45, 7) is 1.17. The van der Waals surface area contributed by atoms with Gasteiger partial charge in [-0.05, 0) is 36.8 Å². The van der Waals surface area contributed by atoms with E-state index in [4.69, 9.17) is 10.00 Å². The Morgan fingerprint density at radius 2 is 2.00 bits per heavy atom. The second kappa shape index (κ2) is 7.64. The van der Waals surface area contributed by atoms with E-state index in [-0.39, 0.29) is 5.69 Å². The van der Waals surface area contributed by atoms with Crippen LogP contribution in [-0.4, -0.2) is 18.1 Å². The zero-order valence-electron chi connectivity index (χ0n) is 11.9. The molecular weight excluding hydrogens is 282 g/mol. The van der Waals surface area contributed by atoms with Crippen molar-refractivity contribution in [3.05, 3.63) is 64.2 Å². The summed E-state index contributed by atoms with van der Waals surface area (Å²) in [6.07, 6.45) is 0.753. The summed E-state index contributed by atoms with van der Waals surface area (Å²) in [4.78, 5) is 10.3. The third-order valence-electron chi connectivity index (χ3n) is 2.96. The van der Waals surface area contributed by atoms with Crippen LogP contribution in [0.25, 0.3) is 0 Å². The van der Waals surface area contributed by atoms with E-state index in [2.05, 4.69) is 5.32 Å². The molecule has 0 radical (unpaired) electrons. The molecule has 0 aliphatic rings. The second-order valence-electron chi connectivity index (χ2n) is 4.57. The van der Waals surface area contributed by atoms with E-state index in [0.717, 1.165) is 6.42 Å². The van der Waals surface area contributed by atoms with Crippen LogP contribution in [0.2, 0.25) is 0 Å². The summed E-state index contributed by atoms with van der Waals surface area (Å²) in [7, 11) is 0. The number of nitro benzene ring substituents is 1. The molecule has 0 fully saturated rings.